The Bertz CT molecular complexity index is 338. The molecule has 0 heterocycles. The summed E-state index contributed by atoms with van der Waals surface area (Å²) in [7, 11) is 0. The predicted octanol–water partition coefficient (Wildman–Crippen LogP) is 6.48. The number of carbonyl (C=O) groups excluding carboxylic acids is 2. The Morgan fingerprint density at radius 3 is 0.960 bits per heavy atom. The van der Waals surface area contributed by atoms with Crippen LogP contribution in [0.3, 0.4) is 0 Å². The van der Waals surface area contributed by atoms with Crippen LogP contribution in [0, 0.1) is 37.5 Å². The number of ketones is 2. The summed E-state index contributed by atoms with van der Waals surface area (Å²) in [5.74, 6) is 1.70. The van der Waals surface area contributed by atoms with Crippen molar-refractivity contribution in [3.8, 4) is 0 Å². The van der Waals surface area contributed by atoms with Gasteiger partial charge in [-0.2, -0.15) is 0 Å². The van der Waals surface area contributed by atoms with Crippen molar-refractivity contribution in [2.45, 2.75) is 92.9 Å². The normalized spacial score (nSPS) is 18.2. The molecular weight excluding hydrogens is 352 g/mol. The average Bonchev–Trinajstić information content (AvgIpc) is 3.08. The van der Waals surface area contributed by atoms with Crippen LogP contribution >= 0.6 is 0 Å². The van der Waals surface area contributed by atoms with E-state index in [4.69, 9.17) is 0 Å². The zero-order valence-electron chi connectivity index (χ0n) is 18.0. The second kappa shape index (κ2) is 12.3. The maximum atomic E-state index is 11.7. The van der Waals surface area contributed by atoms with E-state index in [1.54, 1.807) is 0 Å². The second-order valence-electron chi connectivity index (χ2n) is 9.19. The first-order chi connectivity index (χ1) is 10.0. The van der Waals surface area contributed by atoms with Crippen molar-refractivity contribution in [2.75, 3.05) is 0 Å². The molecule has 2 aliphatic carbocycles. The van der Waals surface area contributed by atoms with E-state index >= 15 is 0 Å². The van der Waals surface area contributed by atoms with Gasteiger partial charge in [-0.3, -0.25) is 9.59 Å². The molecule has 2 aliphatic rings. The van der Waals surface area contributed by atoms with Gasteiger partial charge in [-0.1, -0.05) is 67.2 Å². The van der Waals surface area contributed by atoms with Crippen molar-refractivity contribution >= 4 is 11.6 Å². The average molecular weight is 394 g/mol. The van der Waals surface area contributed by atoms with Gasteiger partial charge >= 0.3 is 17.1 Å². The molecule has 0 spiro atoms. The number of hydrogen-bond donors (Lipinski definition) is 0. The van der Waals surface area contributed by atoms with E-state index in [-0.39, 0.29) is 42.8 Å². The van der Waals surface area contributed by atoms with Crippen LogP contribution in [0.4, 0.5) is 0 Å². The van der Waals surface area contributed by atoms with Gasteiger partial charge in [0.25, 0.3) is 0 Å². The van der Waals surface area contributed by atoms with Crippen LogP contribution in [0.15, 0.2) is 0 Å². The largest absolute Gasteiger partial charge is 2.00 e. The van der Waals surface area contributed by atoms with Crippen LogP contribution in [0.25, 0.3) is 0 Å². The molecule has 0 aromatic rings. The fourth-order valence-corrected chi connectivity index (χ4v) is 3.60. The molecule has 2 saturated carbocycles. The minimum atomic E-state index is -0.116. The van der Waals surface area contributed by atoms with Crippen LogP contribution < -0.4 is 0 Å². The first-order valence-electron chi connectivity index (χ1n) is 9.12. The molecule has 2 nitrogen and oxygen atoms in total. The summed E-state index contributed by atoms with van der Waals surface area (Å²) in [5.41, 5.74) is -0.232. The number of hydrogen-bond acceptors (Lipinski definition) is 2. The summed E-state index contributed by atoms with van der Waals surface area (Å²) in [4.78, 5) is 23.3. The molecule has 0 amide bonds. The van der Waals surface area contributed by atoms with Gasteiger partial charge in [0.05, 0.1) is 0 Å². The molecular formula is C22H42FeO2. The van der Waals surface area contributed by atoms with E-state index in [0.29, 0.717) is 23.4 Å². The van der Waals surface area contributed by atoms with Crippen molar-refractivity contribution < 1.29 is 26.7 Å². The van der Waals surface area contributed by atoms with Gasteiger partial charge in [0.2, 0.25) is 0 Å². The zero-order valence-corrected chi connectivity index (χ0v) is 19.1. The van der Waals surface area contributed by atoms with Crippen LogP contribution in [0.1, 0.15) is 92.9 Å². The van der Waals surface area contributed by atoms with Gasteiger partial charge in [0.1, 0.15) is 11.6 Å². The Hall–Kier alpha value is -0.141. The Morgan fingerprint density at radius 2 is 0.800 bits per heavy atom. The SMILES string of the molecule is CC(C)(C)C(=O)C1CCCC1.CC(C)(C)C(=O)C1CCCC1.[CH3-].[CH3-].[Fe+2]. The summed E-state index contributed by atoms with van der Waals surface area (Å²) in [6, 6.07) is 0. The fraction of sp³-hybridized carbons (Fsp3) is 0.818. The molecule has 150 valence electrons. The van der Waals surface area contributed by atoms with Gasteiger partial charge in [-0.15, -0.1) is 0 Å². The second-order valence-corrected chi connectivity index (χ2v) is 9.19. The fourth-order valence-electron chi connectivity index (χ4n) is 3.60. The van der Waals surface area contributed by atoms with Crippen molar-refractivity contribution in [3.05, 3.63) is 14.9 Å². The first-order valence-corrected chi connectivity index (χ1v) is 9.12. The van der Waals surface area contributed by atoms with E-state index < -0.39 is 0 Å². The van der Waals surface area contributed by atoms with Crippen molar-refractivity contribution in [3.63, 3.8) is 0 Å². The Morgan fingerprint density at radius 1 is 0.600 bits per heavy atom. The Labute approximate surface area is 168 Å². The van der Waals surface area contributed by atoms with Crippen LogP contribution in [-0.4, -0.2) is 11.6 Å². The number of Topliss-reactive ketones (excluding diaryl/α,β-unsaturated/α-hetero) is 2. The van der Waals surface area contributed by atoms with Gasteiger partial charge in [0, 0.05) is 22.7 Å². The molecule has 0 N–H and O–H groups in total. The quantitative estimate of drug-likeness (QED) is 0.397. The van der Waals surface area contributed by atoms with E-state index in [9.17, 15) is 9.59 Å². The van der Waals surface area contributed by atoms with Crippen LogP contribution in [0.5, 0.6) is 0 Å². The number of rotatable bonds is 2. The van der Waals surface area contributed by atoms with E-state index in [0.717, 1.165) is 25.7 Å². The van der Waals surface area contributed by atoms with Crippen molar-refractivity contribution in [1.29, 1.82) is 0 Å². The summed E-state index contributed by atoms with van der Waals surface area (Å²) in [6.07, 6.45) is 9.57. The van der Waals surface area contributed by atoms with Crippen LogP contribution in [-0.2, 0) is 26.7 Å². The minimum absolute atomic E-state index is 0. The molecule has 3 heteroatoms. The molecule has 25 heavy (non-hydrogen) atoms. The van der Waals surface area contributed by atoms with Crippen molar-refractivity contribution in [1.82, 2.24) is 0 Å². The smallest absolute Gasteiger partial charge is 0.358 e. The summed E-state index contributed by atoms with van der Waals surface area (Å²) >= 11 is 0. The first kappa shape index (κ1) is 29.6. The standard InChI is InChI=1S/2C10H18O.2CH3.Fe/c2*1-10(2,3)9(11)8-6-4-5-7-8;;;/h2*8H,4-7H2,1-3H3;2*1H3;/q;;2*-1;+2. The van der Waals surface area contributed by atoms with Gasteiger partial charge < -0.3 is 14.9 Å². The molecule has 0 unspecified atom stereocenters. The maximum absolute atomic E-state index is 11.7. The summed E-state index contributed by atoms with van der Waals surface area (Å²) in [5, 5.41) is 0. The van der Waals surface area contributed by atoms with E-state index in [1.807, 2.05) is 41.5 Å². The molecule has 0 atom stereocenters. The van der Waals surface area contributed by atoms with Gasteiger partial charge in [-0.25, -0.2) is 0 Å². The zero-order chi connectivity index (χ0) is 17.0. The maximum Gasteiger partial charge on any atom is 2.00 e. The van der Waals surface area contributed by atoms with Crippen LogP contribution in [0.2, 0.25) is 0 Å². The minimum Gasteiger partial charge on any atom is -0.358 e. The van der Waals surface area contributed by atoms with E-state index in [2.05, 4.69) is 0 Å². The molecule has 0 aliphatic heterocycles. The van der Waals surface area contributed by atoms with Gasteiger partial charge in [-0.05, 0) is 25.7 Å². The van der Waals surface area contributed by atoms with E-state index in [1.165, 1.54) is 25.7 Å². The molecule has 2 rings (SSSR count). The summed E-state index contributed by atoms with van der Waals surface area (Å²) in [6.45, 7) is 12.1. The third kappa shape index (κ3) is 9.94. The third-order valence-electron chi connectivity index (χ3n) is 4.93. The third-order valence-corrected chi connectivity index (χ3v) is 4.93. The molecule has 0 saturated heterocycles. The number of carbonyl (C=O) groups is 2. The molecule has 0 bridgehead atoms. The molecule has 2 fully saturated rings. The monoisotopic (exact) mass is 394 g/mol. The molecule has 0 aromatic heterocycles. The van der Waals surface area contributed by atoms with Gasteiger partial charge in [0.15, 0.2) is 0 Å². The van der Waals surface area contributed by atoms with Crippen molar-refractivity contribution in [2.24, 2.45) is 22.7 Å². The molecule has 0 aromatic carbocycles. The predicted molar refractivity (Wildman–Crippen MR) is 106 cm³/mol. The topological polar surface area (TPSA) is 34.1 Å². The Balaban J connectivity index is -0.000000346. The summed E-state index contributed by atoms with van der Waals surface area (Å²) < 4.78 is 0. The Kier molecular flexibility index (Phi) is 14.6. The molecule has 0 radical (unpaired) electrons.